The Morgan fingerprint density at radius 3 is 2.63 bits per heavy atom. The van der Waals surface area contributed by atoms with Gasteiger partial charge in [0.05, 0.1) is 32.9 Å². The summed E-state index contributed by atoms with van der Waals surface area (Å²) in [6, 6.07) is 7.18. The zero-order chi connectivity index (χ0) is 21.7. The lowest BCUT2D eigenvalue weighted by Crippen LogP contribution is -2.37. The average molecular weight is 433 g/mol. The van der Waals surface area contributed by atoms with Gasteiger partial charge < -0.3 is 14.6 Å². The van der Waals surface area contributed by atoms with Gasteiger partial charge in [-0.15, -0.1) is 0 Å². The van der Waals surface area contributed by atoms with Crippen molar-refractivity contribution in [2.24, 2.45) is 0 Å². The summed E-state index contributed by atoms with van der Waals surface area (Å²) in [5, 5.41) is 9.38. The fourth-order valence-corrected chi connectivity index (χ4v) is 2.93. The summed E-state index contributed by atoms with van der Waals surface area (Å²) in [5.41, 5.74) is -0.0552. The van der Waals surface area contributed by atoms with Crippen LogP contribution in [0.15, 0.2) is 58.8 Å². The van der Waals surface area contributed by atoms with E-state index in [4.69, 9.17) is 26.2 Å². The van der Waals surface area contributed by atoms with Crippen LogP contribution in [0.5, 0.6) is 6.01 Å². The van der Waals surface area contributed by atoms with Crippen LogP contribution < -0.4 is 16.0 Å². The second kappa shape index (κ2) is 9.57. The fourth-order valence-electron chi connectivity index (χ4n) is 2.81. The number of halogens is 1. The molecule has 0 bridgehead atoms. The van der Waals surface area contributed by atoms with E-state index in [1.165, 1.54) is 6.08 Å². The number of aliphatic hydroxyl groups is 1. The zero-order valence-corrected chi connectivity index (χ0v) is 16.9. The van der Waals surface area contributed by atoms with Crippen molar-refractivity contribution in [1.82, 2.24) is 19.1 Å². The molecule has 0 unspecified atom stereocenters. The monoisotopic (exact) mass is 432 g/mol. The predicted octanol–water partition coefficient (Wildman–Crippen LogP) is 1.68. The Morgan fingerprint density at radius 2 is 1.97 bits per heavy atom. The van der Waals surface area contributed by atoms with Crippen LogP contribution in [0, 0.1) is 0 Å². The van der Waals surface area contributed by atoms with E-state index in [0.717, 1.165) is 10.1 Å². The van der Waals surface area contributed by atoms with Gasteiger partial charge in [-0.3, -0.25) is 18.9 Å². The minimum absolute atomic E-state index is 0.0196. The van der Waals surface area contributed by atoms with Crippen molar-refractivity contribution in [3.63, 3.8) is 0 Å². The molecule has 9 nitrogen and oxygen atoms in total. The van der Waals surface area contributed by atoms with Gasteiger partial charge in [0.2, 0.25) is 0 Å². The van der Waals surface area contributed by atoms with Gasteiger partial charge in [-0.1, -0.05) is 36.9 Å². The first kappa shape index (κ1) is 21.6. The van der Waals surface area contributed by atoms with Crippen molar-refractivity contribution in [1.29, 1.82) is 0 Å². The van der Waals surface area contributed by atoms with Crippen molar-refractivity contribution in [2.75, 3.05) is 19.8 Å². The van der Waals surface area contributed by atoms with Crippen LogP contribution >= 0.6 is 11.6 Å². The van der Waals surface area contributed by atoms with Gasteiger partial charge >= 0.3 is 11.7 Å². The number of hydrogen-bond acceptors (Lipinski definition) is 6. The fraction of sp³-hybridized carbons (Fsp3) is 0.250. The van der Waals surface area contributed by atoms with E-state index in [-0.39, 0.29) is 55.8 Å². The molecule has 2 heterocycles. The molecule has 0 saturated heterocycles. The molecule has 0 aliphatic rings. The highest BCUT2D eigenvalue weighted by Gasteiger charge is 2.19. The third-order valence-corrected chi connectivity index (χ3v) is 4.50. The number of aromatic nitrogens is 4. The molecule has 2 aromatic heterocycles. The molecule has 3 aromatic rings. The number of nitrogens with zero attached hydrogens (tertiary/aromatic N) is 3. The molecule has 2 N–H and O–H groups in total. The van der Waals surface area contributed by atoms with Crippen molar-refractivity contribution in [3.8, 4) is 6.01 Å². The summed E-state index contributed by atoms with van der Waals surface area (Å²) in [4.78, 5) is 32.3. The van der Waals surface area contributed by atoms with Gasteiger partial charge in [-0.25, -0.2) is 4.79 Å². The van der Waals surface area contributed by atoms with Crippen molar-refractivity contribution in [3.05, 3.63) is 80.7 Å². The number of rotatable bonds is 10. The molecule has 0 amide bonds. The topological polar surface area (TPSA) is 111 Å². The van der Waals surface area contributed by atoms with Crippen molar-refractivity contribution >= 4 is 22.8 Å². The average Bonchev–Trinajstić information content (AvgIpc) is 3.05. The number of ether oxygens (including phenoxy) is 2. The summed E-state index contributed by atoms with van der Waals surface area (Å²) >= 11 is 5.95. The molecule has 1 aromatic carbocycles. The van der Waals surface area contributed by atoms with E-state index < -0.39 is 11.2 Å². The maximum absolute atomic E-state index is 13.1. The molecule has 0 fully saturated rings. The highest BCUT2D eigenvalue weighted by molar-refractivity contribution is 6.30. The molecule has 158 valence electrons. The first-order valence-corrected chi connectivity index (χ1v) is 9.48. The van der Waals surface area contributed by atoms with Crippen molar-refractivity contribution < 1.29 is 14.6 Å². The van der Waals surface area contributed by atoms with Crippen LogP contribution in [-0.4, -0.2) is 44.0 Å². The summed E-state index contributed by atoms with van der Waals surface area (Å²) in [6.07, 6.45) is 1.41. The zero-order valence-electron chi connectivity index (χ0n) is 16.1. The Kier molecular flexibility index (Phi) is 6.88. The first-order chi connectivity index (χ1) is 14.4. The number of H-pyrrole nitrogens is 1. The quantitative estimate of drug-likeness (QED) is 0.286. The Labute approximate surface area is 176 Å². The number of hydrogen-bond donors (Lipinski definition) is 2. The molecule has 0 saturated carbocycles. The van der Waals surface area contributed by atoms with Gasteiger partial charge in [-0.05, 0) is 23.8 Å². The highest BCUT2D eigenvalue weighted by Crippen LogP contribution is 2.21. The van der Waals surface area contributed by atoms with Gasteiger partial charge in [0.1, 0.15) is 5.76 Å². The normalized spacial score (nSPS) is 11.0. The Balaban J connectivity index is 2.10. The second-order valence-corrected chi connectivity index (χ2v) is 6.74. The molecule has 0 radical (unpaired) electrons. The number of fused-ring (bicyclic) bond motifs is 1. The summed E-state index contributed by atoms with van der Waals surface area (Å²) in [5.74, 6) is 0.239. The lowest BCUT2D eigenvalue weighted by Gasteiger charge is -2.10. The molecule has 10 heteroatoms. The molecule has 0 aliphatic carbocycles. The summed E-state index contributed by atoms with van der Waals surface area (Å²) in [7, 11) is 0. The predicted molar refractivity (Wildman–Crippen MR) is 113 cm³/mol. The van der Waals surface area contributed by atoms with Crippen LogP contribution in [0.3, 0.4) is 0 Å². The minimum atomic E-state index is -0.620. The van der Waals surface area contributed by atoms with E-state index in [1.54, 1.807) is 16.7 Å². The summed E-state index contributed by atoms with van der Waals surface area (Å²) < 4.78 is 13.4. The maximum atomic E-state index is 13.1. The summed E-state index contributed by atoms with van der Waals surface area (Å²) in [6.45, 7) is 7.64. The standard InChI is InChI=1S/C20H21ClN4O5/c1-3-13(2)30-20-23-17-16(25(20)12-14-4-6-15(21)7-5-14)18(27)24(19(28)22-17)8-10-29-11-9-26/h3-7,26H,1-2,8-12H2,(H,22,28). The molecule has 0 aliphatic heterocycles. The SMILES string of the molecule is C=CC(=C)Oc1nc2[nH]c(=O)n(CCOCCO)c(=O)c2n1Cc1ccc(Cl)cc1. The largest absolute Gasteiger partial charge is 0.426 e. The van der Waals surface area contributed by atoms with Crippen LogP contribution in [0.25, 0.3) is 11.2 Å². The van der Waals surface area contributed by atoms with Gasteiger partial charge in [0, 0.05) is 5.02 Å². The molecule has 30 heavy (non-hydrogen) atoms. The third-order valence-electron chi connectivity index (χ3n) is 4.25. The van der Waals surface area contributed by atoms with Gasteiger partial charge in [-0.2, -0.15) is 4.98 Å². The van der Waals surface area contributed by atoms with Crippen molar-refractivity contribution in [2.45, 2.75) is 13.1 Å². The number of benzene rings is 1. The smallest absolute Gasteiger partial charge is 0.330 e. The Hall–Kier alpha value is -3.14. The Morgan fingerprint density at radius 1 is 1.23 bits per heavy atom. The molecular weight excluding hydrogens is 412 g/mol. The number of aliphatic hydroxyl groups excluding tert-OH is 1. The van der Waals surface area contributed by atoms with E-state index in [1.807, 2.05) is 12.1 Å². The molecule has 3 rings (SSSR count). The van der Waals surface area contributed by atoms with E-state index >= 15 is 0 Å². The molecule has 0 spiro atoms. The van der Waals surface area contributed by atoms with Gasteiger partial charge in [0.25, 0.3) is 5.56 Å². The second-order valence-electron chi connectivity index (χ2n) is 6.30. The van der Waals surface area contributed by atoms with Gasteiger partial charge in [0.15, 0.2) is 11.2 Å². The van der Waals surface area contributed by atoms with E-state index in [2.05, 4.69) is 23.1 Å². The lowest BCUT2D eigenvalue weighted by molar-refractivity contribution is 0.0860. The van der Waals surface area contributed by atoms with Crippen LogP contribution in [-0.2, 0) is 17.8 Å². The van der Waals surface area contributed by atoms with Crippen LogP contribution in [0.4, 0.5) is 0 Å². The number of aromatic amines is 1. The maximum Gasteiger partial charge on any atom is 0.330 e. The Bertz CT molecular complexity index is 1180. The minimum Gasteiger partial charge on any atom is -0.426 e. The van der Waals surface area contributed by atoms with Crippen LogP contribution in [0.2, 0.25) is 5.02 Å². The van der Waals surface area contributed by atoms with E-state index in [0.29, 0.717) is 5.02 Å². The third kappa shape index (κ3) is 4.70. The van der Waals surface area contributed by atoms with E-state index in [9.17, 15) is 9.59 Å². The van der Waals surface area contributed by atoms with Crippen LogP contribution in [0.1, 0.15) is 5.56 Å². The lowest BCUT2D eigenvalue weighted by atomic mass is 10.2. The molecule has 0 atom stereocenters. The first-order valence-electron chi connectivity index (χ1n) is 9.10. The molecular formula is C20H21ClN4O5. The highest BCUT2D eigenvalue weighted by atomic mass is 35.5. The number of nitrogens with one attached hydrogen (secondary N) is 1. The number of allylic oxidation sites excluding steroid dienone is 1. The number of imidazole rings is 1.